The van der Waals surface area contributed by atoms with E-state index >= 15 is 0 Å². The van der Waals surface area contributed by atoms with E-state index in [1.165, 1.54) is 6.20 Å². The second-order valence-corrected chi connectivity index (χ2v) is 7.68. The molecule has 4 N–H and O–H groups in total. The van der Waals surface area contributed by atoms with E-state index in [2.05, 4.69) is 42.6 Å². The topological polar surface area (TPSA) is 117 Å². The molecule has 1 aromatic heterocycles. The summed E-state index contributed by atoms with van der Waals surface area (Å²) in [5.41, 5.74) is 7.88. The standard InChI is InChI=1S/C21H17BrN6O/c22-16-3-1-2-4-17(16)27-19-15(18(24)29)11-25-20(28-19)26-14-7-5-13(6-8-14)21(12-23)9-10-21/h1-8,11H,9-10H2,(H2,24,29)(H2,25,26,27,28). The summed E-state index contributed by atoms with van der Waals surface area (Å²) in [6.45, 7) is 0. The lowest BCUT2D eigenvalue weighted by Gasteiger charge is -2.13. The number of carbonyl (C=O) groups excluding carboxylic acids is 1. The molecule has 0 saturated heterocycles. The monoisotopic (exact) mass is 448 g/mol. The molecular weight excluding hydrogens is 432 g/mol. The van der Waals surface area contributed by atoms with Gasteiger partial charge in [0.15, 0.2) is 0 Å². The SMILES string of the molecule is N#CC1(c2ccc(Nc3ncc(C(N)=O)c(Nc4ccccc4Br)n3)cc2)CC1. The lowest BCUT2D eigenvalue weighted by atomic mass is 9.98. The van der Waals surface area contributed by atoms with Crippen LogP contribution < -0.4 is 16.4 Å². The van der Waals surface area contributed by atoms with E-state index in [0.717, 1.165) is 34.3 Å². The van der Waals surface area contributed by atoms with Crippen molar-refractivity contribution in [3.8, 4) is 6.07 Å². The van der Waals surface area contributed by atoms with E-state index in [4.69, 9.17) is 5.73 Å². The highest BCUT2D eigenvalue weighted by Gasteiger charge is 2.44. The number of hydrogen-bond donors (Lipinski definition) is 3. The van der Waals surface area contributed by atoms with Crippen LogP contribution in [0, 0.1) is 11.3 Å². The number of aromatic nitrogens is 2. The molecule has 1 heterocycles. The molecule has 29 heavy (non-hydrogen) atoms. The van der Waals surface area contributed by atoms with Gasteiger partial charge in [-0.2, -0.15) is 10.2 Å². The van der Waals surface area contributed by atoms with Gasteiger partial charge in [0.2, 0.25) is 5.95 Å². The van der Waals surface area contributed by atoms with Gasteiger partial charge >= 0.3 is 0 Å². The van der Waals surface area contributed by atoms with Gasteiger partial charge in [-0.3, -0.25) is 4.79 Å². The minimum atomic E-state index is -0.623. The molecule has 0 bridgehead atoms. The number of primary amides is 1. The maximum atomic E-state index is 11.8. The summed E-state index contributed by atoms with van der Waals surface area (Å²) >= 11 is 3.46. The zero-order valence-electron chi connectivity index (χ0n) is 15.3. The molecule has 1 aliphatic rings. The van der Waals surface area contributed by atoms with Crippen molar-refractivity contribution >= 4 is 45.0 Å². The van der Waals surface area contributed by atoms with Gasteiger partial charge in [-0.15, -0.1) is 0 Å². The summed E-state index contributed by atoms with van der Waals surface area (Å²) in [7, 11) is 0. The Morgan fingerprint density at radius 3 is 2.48 bits per heavy atom. The largest absolute Gasteiger partial charge is 0.365 e. The third-order valence-corrected chi connectivity index (χ3v) is 5.53. The molecule has 1 saturated carbocycles. The van der Waals surface area contributed by atoms with Crippen LogP contribution in [0.4, 0.5) is 23.1 Å². The predicted octanol–water partition coefficient (Wildman–Crippen LogP) is 4.38. The molecule has 0 aliphatic heterocycles. The summed E-state index contributed by atoms with van der Waals surface area (Å²) in [5, 5.41) is 15.6. The van der Waals surface area contributed by atoms with Crippen molar-refractivity contribution in [1.29, 1.82) is 5.26 Å². The number of nitriles is 1. The lowest BCUT2D eigenvalue weighted by molar-refractivity contribution is 0.100. The number of anilines is 4. The van der Waals surface area contributed by atoms with E-state index < -0.39 is 5.91 Å². The van der Waals surface area contributed by atoms with Gasteiger partial charge in [0.25, 0.3) is 5.91 Å². The smallest absolute Gasteiger partial charge is 0.254 e. The molecule has 2 aromatic carbocycles. The van der Waals surface area contributed by atoms with E-state index in [9.17, 15) is 10.1 Å². The molecule has 7 nitrogen and oxygen atoms in total. The van der Waals surface area contributed by atoms with Crippen molar-refractivity contribution in [2.75, 3.05) is 10.6 Å². The third-order valence-electron chi connectivity index (χ3n) is 4.84. The van der Waals surface area contributed by atoms with Crippen molar-refractivity contribution in [2.45, 2.75) is 18.3 Å². The molecule has 0 atom stereocenters. The normalized spacial score (nSPS) is 13.9. The average molecular weight is 449 g/mol. The van der Waals surface area contributed by atoms with Crippen LogP contribution in [-0.4, -0.2) is 15.9 Å². The fraction of sp³-hybridized carbons (Fsp3) is 0.143. The number of halogens is 1. The van der Waals surface area contributed by atoms with Crippen molar-refractivity contribution in [3.63, 3.8) is 0 Å². The van der Waals surface area contributed by atoms with Crippen LogP contribution in [0.1, 0.15) is 28.8 Å². The van der Waals surface area contributed by atoms with Gasteiger partial charge in [-0.05, 0) is 58.6 Å². The average Bonchev–Trinajstić information content (AvgIpc) is 3.52. The highest BCUT2D eigenvalue weighted by atomic mass is 79.9. The summed E-state index contributed by atoms with van der Waals surface area (Å²) < 4.78 is 0.825. The first-order valence-corrected chi connectivity index (χ1v) is 9.77. The molecule has 1 amide bonds. The Kier molecular flexibility index (Phi) is 4.91. The Hall–Kier alpha value is -3.44. The van der Waals surface area contributed by atoms with Gasteiger partial charge in [0.05, 0.1) is 17.2 Å². The Labute approximate surface area is 176 Å². The van der Waals surface area contributed by atoms with Crippen molar-refractivity contribution < 1.29 is 4.79 Å². The number of amides is 1. The number of para-hydroxylation sites is 1. The maximum Gasteiger partial charge on any atom is 0.254 e. The Balaban J connectivity index is 1.59. The molecule has 1 fully saturated rings. The predicted molar refractivity (Wildman–Crippen MR) is 114 cm³/mol. The van der Waals surface area contributed by atoms with Gasteiger partial charge in [0, 0.05) is 16.4 Å². The Morgan fingerprint density at radius 2 is 1.86 bits per heavy atom. The van der Waals surface area contributed by atoms with Crippen LogP contribution in [0.5, 0.6) is 0 Å². The van der Waals surface area contributed by atoms with Gasteiger partial charge in [-0.25, -0.2) is 4.98 Å². The number of nitrogens with one attached hydrogen (secondary N) is 2. The first-order chi connectivity index (χ1) is 14.0. The number of nitrogens with two attached hydrogens (primary N) is 1. The molecule has 0 radical (unpaired) electrons. The van der Waals surface area contributed by atoms with Crippen LogP contribution in [-0.2, 0) is 5.41 Å². The second-order valence-electron chi connectivity index (χ2n) is 6.82. The highest BCUT2D eigenvalue weighted by Crippen LogP contribution is 2.47. The van der Waals surface area contributed by atoms with E-state index in [1.54, 1.807) is 0 Å². The van der Waals surface area contributed by atoms with E-state index in [0.29, 0.717) is 11.8 Å². The van der Waals surface area contributed by atoms with Crippen LogP contribution in [0.25, 0.3) is 0 Å². The first kappa shape index (κ1) is 18.9. The summed E-state index contributed by atoms with van der Waals surface area (Å²) in [6, 6.07) is 17.5. The summed E-state index contributed by atoms with van der Waals surface area (Å²) in [4.78, 5) is 20.4. The van der Waals surface area contributed by atoms with Gasteiger partial charge in [0.1, 0.15) is 11.4 Å². The molecule has 4 rings (SSSR count). The molecule has 8 heteroatoms. The molecule has 0 spiro atoms. The van der Waals surface area contributed by atoms with Crippen molar-refractivity contribution in [3.05, 3.63) is 70.3 Å². The minimum Gasteiger partial charge on any atom is -0.365 e. The highest BCUT2D eigenvalue weighted by molar-refractivity contribution is 9.10. The fourth-order valence-electron chi connectivity index (χ4n) is 3.00. The second kappa shape index (κ2) is 7.53. The maximum absolute atomic E-state index is 11.8. The Morgan fingerprint density at radius 1 is 1.14 bits per heavy atom. The molecule has 1 aliphatic carbocycles. The summed E-state index contributed by atoms with van der Waals surface area (Å²) in [6.07, 6.45) is 3.19. The van der Waals surface area contributed by atoms with Gasteiger partial charge < -0.3 is 16.4 Å². The van der Waals surface area contributed by atoms with Crippen LogP contribution in [0.2, 0.25) is 0 Å². The zero-order valence-corrected chi connectivity index (χ0v) is 16.9. The summed E-state index contributed by atoms with van der Waals surface area (Å²) in [5.74, 6) is 0.000322. The quantitative estimate of drug-likeness (QED) is 0.514. The van der Waals surface area contributed by atoms with Crippen LogP contribution in [0.15, 0.2) is 59.2 Å². The van der Waals surface area contributed by atoms with Gasteiger partial charge in [-0.1, -0.05) is 24.3 Å². The molecule has 3 aromatic rings. The molecule has 0 unspecified atom stereocenters. The molecule has 144 valence electrons. The van der Waals surface area contributed by atoms with E-state index in [-0.39, 0.29) is 11.0 Å². The minimum absolute atomic E-state index is 0.186. The fourth-order valence-corrected chi connectivity index (χ4v) is 3.38. The first-order valence-electron chi connectivity index (χ1n) is 8.98. The van der Waals surface area contributed by atoms with Crippen LogP contribution in [0.3, 0.4) is 0 Å². The number of benzene rings is 2. The van der Waals surface area contributed by atoms with Crippen LogP contribution >= 0.6 is 15.9 Å². The molecular formula is C21H17BrN6O. The third kappa shape index (κ3) is 3.91. The van der Waals surface area contributed by atoms with Crippen molar-refractivity contribution in [2.24, 2.45) is 5.73 Å². The van der Waals surface area contributed by atoms with Crippen molar-refractivity contribution in [1.82, 2.24) is 9.97 Å². The zero-order chi connectivity index (χ0) is 20.4. The van der Waals surface area contributed by atoms with E-state index in [1.807, 2.05) is 48.5 Å². The number of nitrogens with zero attached hydrogens (tertiary/aromatic N) is 3. The number of carbonyl (C=O) groups is 1. The Bertz CT molecular complexity index is 1120. The lowest BCUT2D eigenvalue weighted by Crippen LogP contribution is -2.15. The number of rotatable bonds is 6. The number of hydrogen-bond acceptors (Lipinski definition) is 6.